The first-order valence-corrected chi connectivity index (χ1v) is 6.68. The van der Waals surface area contributed by atoms with Crippen LogP contribution in [0.25, 0.3) is 0 Å². The van der Waals surface area contributed by atoms with Crippen LogP contribution in [0.3, 0.4) is 0 Å². The summed E-state index contributed by atoms with van der Waals surface area (Å²) < 4.78 is 0. The van der Waals surface area contributed by atoms with Crippen molar-refractivity contribution >= 4 is 29.4 Å². The minimum absolute atomic E-state index is 0.0405. The fourth-order valence-electron chi connectivity index (χ4n) is 2.28. The summed E-state index contributed by atoms with van der Waals surface area (Å²) in [7, 11) is 0. The zero-order valence-electron chi connectivity index (χ0n) is 11.6. The van der Waals surface area contributed by atoms with E-state index < -0.39 is 23.2 Å². The van der Waals surface area contributed by atoms with Crippen molar-refractivity contribution in [2.45, 2.75) is 39.0 Å². The number of ketones is 2. The number of rotatable bonds is 5. The molecule has 1 aliphatic heterocycles. The summed E-state index contributed by atoms with van der Waals surface area (Å²) >= 11 is 0. The van der Waals surface area contributed by atoms with Gasteiger partial charge in [-0.25, -0.2) is 4.79 Å². The first-order chi connectivity index (χ1) is 9.84. The summed E-state index contributed by atoms with van der Waals surface area (Å²) in [6.45, 7) is 1.54. The van der Waals surface area contributed by atoms with Crippen LogP contribution in [-0.4, -0.2) is 34.4 Å². The van der Waals surface area contributed by atoms with Gasteiger partial charge in [0.05, 0.1) is 5.41 Å². The second-order valence-corrected chi connectivity index (χ2v) is 5.29. The smallest absolute Gasteiger partial charge is 0.330 e. The molecule has 2 amide bonds. The molecule has 0 spiro atoms. The molecule has 2 rings (SSSR count). The van der Waals surface area contributed by atoms with Gasteiger partial charge in [0.2, 0.25) is 0 Å². The van der Waals surface area contributed by atoms with E-state index in [1.54, 1.807) is 0 Å². The second-order valence-electron chi connectivity index (χ2n) is 5.29. The lowest BCUT2D eigenvalue weighted by atomic mass is 9.81. The van der Waals surface area contributed by atoms with Crippen LogP contribution in [0.15, 0.2) is 12.2 Å². The zero-order chi connectivity index (χ0) is 15.6. The van der Waals surface area contributed by atoms with E-state index in [-0.39, 0.29) is 43.7 Å². The molecule has 0 aromatic rings. The van der Waals surface area contributed by atoms with Crippen LogP contribution in [0.1, 0.15) is 39.0 Å². The third kappa shape index (κ3) is 2.91. The Balaban J connectivity index is 1.80. The van der Waals surface area contributed by atoms with Crippen molar-refractivity contribution in [3.05, 3.63) is 12.2 Å². The normalized spacial score (nSPS) is 20.5. The molecule has 0 radical (unpaired) electrons. The number of nitrogens with zero attached hydrogens (tertiary/aromatic N) is 1. The maximum absolute atomic E-state index is 11.6. The monoisotopic (exact) mass is 293 g/mol. The molecular weight excluding hydrogens is 278 g/mol. The van der Waals surface area contributed by atoms with Gasteiger partial charge in [-0.2, -0.15) is 0 Å². The molecule has 21 heavy (non-hydrogen) atoms. The van der Waals surface area contributed by atoms with Crippen LogP contribution in [0.2, 0.25) is 0 Å². The maximum Gasteiger partial charge on any atom is 0.333 e. The van der Waals surface area contributed by atoms with E-state index >= 15 is 0 Å². The Kier molecular flexibility index (Phi) is 4.02. The van der Waals surface area contributed by atoms with Crippen LogP contribution in [-0.2, 0) is 28.8 Å². The highest BCUT2D eigenvalue weighted by molar-refractivity contribution is 6.22. The lowest BCUT2D eigenvalue weighted by Crippen LogP contribution is -2.33. The lowest BCUT2D eigenvalue weighted by Gasteiger charge is -2.19. The first kappa shape index (κ1) is 15.1. The van der Waals surface area contributed by atoms with Gasteiger partial charge in [-0.05, 0) is 31.9 Å². The quantitative estimate of drug-likeness (QED) is 0.540. The van der Waals surface area contributed by atoms with Gasteiger partial charge in [-0.3, -0.25) is 19.2 Å². The predicted molar refractivity (Wildman–Crippen MR) is 68.3 cm³/mol. The molecule has 0 bridgehead atoms. The Morgan fingerprint density at radius 2 is 1.67 bits per heavy atom. The number of carbonyl (C=O) groups is 5. The van der Waals surface area contributed by atoms with Crippen molar-refractivity contribution in [1.29, 1.82) is 0 Å². The van der Waals surface area contributed by atoms with Crippen molar-refractivity contribution in [1.82, 2.24) is 5.06 Å². The summed E-state index contributed by atoms with van der Waals surface area (Å²) in [5.41, 5.74) is -1.11. The standard InChI is InChI=1S/C14H15NO6/c1-14(9(16)4-5-10(14)17)8-2-3-13(20)21-15-11(18)6-7-12(15)19/h4-5H,2-3,6-8H2,1H3. The Hall–Kier alpha value is -2.31. The molecule has 7 nitrogen and oxygen atoms in total. The van der Waals surface area contributed by atoms with E-state index in [9.17, 15) is 24.0 Å². The number of hydrogen-bond donors (Lipinski definition) is 0. The number of amides is 2. The van der Waals surface area contributed by atoms with Crippen LogP contribution < -0.4 is 0 Å². The number of imide groups is 1. The van der Waals surface area contributed by atoms with Gasteiger partial charge in [0.25, 0.3) is 11.8 Å². The van der Waals surface area contributed by atoms with Crippen LogP contribution in [0, 0.1) is 5.41 Å². The summed E-state index contributed by atoms with van der Waals surface area (Å²) in [4.78, 5) is 62.1. The topological polar surface area (TPSA) is 97.8 Å². The van der Waals surface area contributed by atoms with Gasteiger partial charge in [0.1, 0.15) is 0 Å². The van der Waals surface area contributed by atoms with Gasteiger partial charge >= 0.3 is 5.97 Å². The second kappa shape index (κ2) is 5.59. The molecule has 1 saturated heterocycles. The van der Waals surface area contributed by atoms with Gasteiger partial charge in [-0.15, -0.1) is 5.06 Å². The molecule has 0 unspecified atom stereocenters. The number of hydrogen-bond acceptors (Lipinski definition) is 6. The highest BCUT2D eigenvalue weighted by Crippen LogP contribution is 2.31. The minimum atomic E-state index is -1.11. The average Bonchev–Trinajstić information content (AvgIpc) is 2.87. The fraction of sp³-hybridized carbons (Fsp3) is 0.500. The molecule has 0 atom stereocenters. The lowest BCUT2D eigenvalue weighted by molar-refractivity contribution is -0.197. The van der Waals surface area contributed by atoms with Gasteiger partial charge in [-0.1, -0.05) is 0 Å². The minimum Gasteiger partial charge on any atom is -0.330 e. The fourth-order valence-corrected chi connectivity index (χ4v) is 2.28. The summed E-state index contributed by atoms with van der Waals surface area (Å²) in [6.07, 6.45) is 2.95. The molecule has 0 aromatic carbocycles. The van der Waals surface area contributed by atoms with Crippen LogP contribution in [0.4, 0.5) is 0 Å². The highest BCUT2D eigenvalue weighted by Gasteiger charge is 2.41. The van der Waals surface area contributed by atoms with Gasteiger partial charge < -0.3 is 4.84 Å². The number of allylic oxidation sites excluding steroid dienone is 2. The van der Waals surface area contributed by atoms with Gasteiger partial charge in [0.15, 0.2) is 11.6 Å². The van der Waals surface area contributed by atoms with Crippen LogP contribution in [0.5, 0.6) is 0 Å². The highest BCUT2D eigenvalue weighted by atomic mass is 16.7. The van der Waals surface area contributed by atoms with Crippen molar-refractivity contribution < 1.29 is 28.8 Å². The molecule has 1 heterocycles. The number of carbonyl (C=O) groups excluding carboxylic acids is 5. The molecule has 1 fully saturated rings. The molecule has 112 valence electrons. The van der Waals surface area contributed by atoms with E-state index in [4.69, 9.17) is 4.84 Å². The summed E-state index contributed by atoms with van der Waals surface area (Å²) in [5, 5.41) is 0.484. The van der Waals surface area contributed by atoms with E-state index in [0.717, 1.165) is 0 Å². The molecule has 0 N–H and O–H groups in total. The van der Waals surface area contributed by atoms with E-state index in [1.165, 1.54) is 19.1 Å². The summed E-state index contributed by atoms with van der Waals surface area (Å²) in [5.74, 6) is -2.35. The average molecular weight is 293 g/mol. The Morgan fingerprint density at radius 1 is 1.14 bits per heavy atom. The largest absolute Gasteiger partial charge is 0.333 e. The van der Waals surface area contributed by atoms with E-state index in [1.807, 2.05) is 0 Å². The SMILES string of the molecule is CC1(CCCC(=O)ON2C(=O)CCC2=O)C(=O)C=CC1=O. The Morgan fingerprint density at radius 3 is 2.19 bits per heavy atom. The third-order valence-electron chi connectivity index (χ3n) is 3.73. The van der Waals surface area contributed by atoms with Gasteiger partial charge in [0, 0.05) is 19.3 Å². The molecule has 0 saturated carbocycles. The molecular formula is C14H15NO6. The van der Waals surface area contributed by atoms with Crippen molar-refractivity contribution in [3.8, 4) is 0 Å². The summed E-state index contributed by atoms with van der Waals surface area (Å²) in [6, 6.07) is 0. The third-order valence-corrected chi connectivity index (χ3v) is 3.73. The zero-order valence-corrected chi connectivity index (χ0v) is 11.6. The Labute approximate surface area is 120 Å². The molecule has 7 heteroatoms. The number of hydroxylamine groups is 2. The first-order valence-electron chi connectivity index (χ1n) is 6.68. The predicted octanol–water partition coefficient (Wildman–Crippen LogP) is 0.478. The molecule has 1 aliphatic carbocycles. The van der Waals surface area contributed by atoms with Crippen LogP contribution >= 0.6 is 0 Å². The van der Waals surface area contributed by atoms with Crippen molar-refractivity contribution in [3.63, 3.8) is 0 Å². The maximum atomic E-state index is 11.6. The molecule has 2 aliphatic rings. The molecule has 0 aromatic heterocycles. The Bertz CT molecular complexity index is 528. The van der Waals surface area contributed by atoms with E-state index in [2.05, 4.69) is 0 Å². The van der Waals surface area contributed by atoms with Crippen molar-refractivity contribution in [2.24, 2.45) is 5.41 Å². The van der Waals surface area contributed by atoms with E-state index in [0.29, 0.717) is 5.06 Å². The van der Waals surface area contributed by atoms with Crippen molar-refractivity contribution in [2.75, 3.05) is 0 Å².